The lowest BCUT2D eigenvalue weighted by molar-refractivity contribution is -0.384. The van der Waals surface area contributed by atoms with Crippen LogP contribution in [0.15, 0.2) is 78.9 Å². The van der Waals surface area contributed by atoms with E-state index in [1.807, 2.05) is 60.7 Å². The molecular formula is C22H18N4O3. The van der Waals surface area contributed by atoms with Gasteiger partial charge in [0.25, 0.3) is 11.6 Å². The van der Waals surface area contributed by atoms with E-state index in [1.165, 1.54) is 12.1 Å². The van der Waals surface area contributed by atoms with Crippen LogP contribution < -0.4 is 0 Å². The molecule has 3 aromatic carbocycles. The van der Waals surface area contributed by atoms with Gasteiger partial charge in [0, 0.05) is 30.6 Å². The molecule has 0 fully saturated rings. The normalized spacial score (nSPS) is 10.8. The molecule has 0 aliphatic carbocycles. The van der Waals surface area contributed by atoms with Crippen LogP contribution in [0.4, 0.5) is 5.69 Å². The summed E-state index contributed by atoms with van der Waals surface area (Å²) in [5.41, 5.74) is 2.66. The zero-order valence-electron chi connectivity index (χ0n) is 15.5. The van der Waals surface area contributed by atoms with Crippen molar-refractivity contribution in [2.45, 2.75) is 13.1 Å². The van der Waals surface area contributed by atoms with Crippen LogP contribution in [0.2, 0.25) is 0 Å². The fourth-order valence-corrected chi connectivity index (χ4v) is 3.24. The van der Waals surface area contributed by atoms with Crippen molar-refractivity contribution in [3.8, 4) is 0 Å². The quantitative estimate of drug-likeness (QED) is 0.395. The predicted molar refractivity (Wildman–Crippen MR) is 109 cm³/mol. The maximum absolute atomic E-state index is 13.4. The molecule has 0 radical (unpaired) electrons. The highest BCUT2D eigenvalue weighted by atomic mass is 16.6. The maximum atomic E-state index is 13.4. The highest BCUT2D eigenvalue weighted by molar-refractivity contribution is 6.05. The molecular weight excluding hydrogens is 368 g/mol. The van der Waals surface area contributed by atoms with Crippen LogP contribution >= 0.6 is 0 Å². The minimum atomic E-state index is -0.480. The highest BCUT2D eigenvalue weighted by Gasteiger charge is 2.23. The second kappa shape index (κ2) is 7.93. The average Bonchev–Trinajstić information content (AvgIpc) is 3.17. The summed E-state index contributed by atoms with van der Waals surface area (Å²) in [5, 5.41) is 18.5. The minimum absolute atomic E-state index is 0.0781. The van der Waals surface area contributed by atoms with Gasteiger partial charge in [-0.2, -0.15) is 5.10 Å². The standard InChI is InChI=1S/C22H18N4O3/c27-22(21-19-13-18(26(28)29)11-12-20(19)23-24-21)25(14-16-7-3-1-4-8-16)15-17-9-5-2-6-10-17/h1-13H,14-15H2,(H,23,24). The van der Waals surface area contributed by atoms with E-state index in [0.717, 1.165) is 11.1 Å². The molecule has 0 unspecified atom stereocenters. The van der Waals surface area contributed by atoms with E-state index < -0.39 is 4.92 Å². The van der Waals surface area contributed by atoms with E-state index in [4.69, 9.17) is 0 Å². The van der Waals surface area contributed by atoms with Crippen LogP contribution in [0.5, 0.6) is 0 Å². The van der Waals surface area contributed by atoms with Gasteiger partial charge >= 0.3 is 0 Å². The van der Waals surface area contributed by atoms with Gasteiger partial charge in [0.2, 0.25) is 0 Å². The molecule has 0 spiro atoms. The number of aromatic amines is 1. The third-order valence-corrected chi connectivity index (χ3v) is 4.68. The molecule has 1 aromatic heterocycles. The SMILES string of the molecule is O=C(c1n[nH]c2ccc([N+](=O)[O-])cc12)N(Cc1ccccc1)Cc1ccccc1. The molecule has 29 heavy (non-hydrogen) atoms. The first-order valence-electron chi connectivity index (χ1n) is 9.11. The predicted octanol–water partition coefficient (Wildman–Crippen LogP) is 4.31. The van der Waals surface area contributed by atoms with Crippen LogP contribution in [0.25, 0.3) is 10.9 Å². The molecule has 0 saturated carbocycles. The number of carbonyl (C=O) groups is 1. The Morgan fingerprint density at radius 3 is 2.07 bits per heavy atom. The number of hydrogen-bond acceptors (Lipinski definition) is 4. The zero-order chi connectivity index (χ0) is 20.2. The molecule has 1 N–H and O–H groups in total. The number of nitro groups is 1. The van der Waals surface area contributed by atoms with E-state index >= 15 is 0 Å². The molecule has 0 atom stereocenters. The molecule has 4 aromatic rings. The molecule has 7 heteroatoms. The third-order valence-electron chi connectivity index (χ3n) is 4.68. The maximum Gasteiger partial charge on any atom is 0.275 e. The zero-order valence-corrected chi connectivity index (χ0v) is 15.5. The lowest BCUT2D eigenvalue weighted by Gasteiger charge is -2.22. The molecule has 4 rings (SSSR count). The number of fused-ring (bicyclic) bond motifs is 1. The van der Waals surface area contributed by atoms with Gasteiger partial charge in [0.15, 0.2) is 5.69 Å². The molecule has 0 aliphatic heterocycles. The Hall–Kier alpha value is -4.00. The number of non-ortho nitro benzene ring substituents is 1. The Morgan fingerprint density at radius 1 is 0.931 bits per heavy atom. The number of aromatic nitrogens is 2. The van der Waals surface area contributed by atoms with Crippen molar-refractivity contribution in [2.75, 3.05) is 0 Å². The van der Waals surface area contributed by atoms with Gasteiger partial charge < -0.3 is 4.90 Å². The summed E-state index contributed by atoms with van der Waals surface area (Å²) >= 11 is 0. The summed E-state index contributed by atoms with van der Waals surface area (Å²) in [6.45, 7) is 0.801. The Labute approximate surface area is 166 Å². The third kappa shape index (κ3) is 3.98. The van der Waals surface area contributed by atoms with Gasteiger partial charge in [-0.05, 0) is 17.2 Å². The monoisotopic (exact) mass is 386 g/mol. The lowest BCUT2D eigenvalue weighted by Crippen LogP contribution is -2.30. The Bertz CT molecular complexity index is 1120. The van der Waals surface area contributed by atoms with Crippen molar-refractivity contribution < 1.29 is 9.72 Å². The number of hydrogen-bond donors (Lipinski definition) is 1. The van der Waals surface area contributed by atoms with Crippen molar-refractivity contribution in [1.82, 2.24) is 15.1 Å². The van der Waals surface area contributed by atoms with Crippen molar-refractivity contribution >= 4 is 22.5 Å². The van der Waals surface area contributed by atoms with E-state index in [2.05, 4.69) is 10.2 Å². The van der Waals surface area contributed by atoms with Crippen LogP contribution in [0.3, 0.4) is 0 Å². The van der Waals surface area contributed by atoms with Gasteiger partial charge in [0.1, 0.15) is 0 Å². The number of carbonyl (C=O) groups excluding carboxylic acids is 1. The lowest BCUT2D eigenvalue weighted by atomic mass is 10.1. The second-order valence-electron chi connectivity index (χ2n) is 6.69. The average molecular weight is 386 g/mol. The molecule has 0 aliphatic rings. The molecule has 0 saturated heterocycles. The van der Waals surface area contributed by atoms with Gasteiger partial charge in [-0.3, -0.25) is 20.0 Å². The highest BCUT2D eigenvalue weighted by Crippen LogP contribution is 2.24. The smallest absolute Gasteiger partial charge is 0.275 e. The fraction of sp³-hybridized carbons (Fsp3) is 0.0909. The molecule has 7 nitrogen and oxygen atoms in total. The first kappa shape index (κ1) is 18.4. The summed E-state index contributed by atoms with van der Waals surface area (Å²) in [4.78, 5) is 25.7. The molecule has 0 bridgehead atoms. The topological polar surface area (TPSA) is 92.1 Å². The minimum Gasteiger partial charge on any atom is -0.329 e. The van der Waals surface area contributed by atoms with Crippen LogP contribution in [0, 0.1) is 10.1 Å². The number of amides is 1. The number of rotatable bonds is 6. The Kier molecular flexibility index (Phi) is 5.03. The van der Waals surface area contributed by atoms with Crippen molar-refractivity contribution in [3.05, 3.63) is 106 Å². The second-order valence-corrected chi connectivity index (χ2v) is 6.69. The van der Waals surface area contributed by atoms with E-state index in [-0.39, 0.29) is 17.3 Å². The van der Waals surface area contributed by atoms with E-state index in [1.54, 1.807) is 11.0 Å². The number of nitrogens with zero attached hydrogens (tertiary/aromatic N) is 3. The molecule has 144 valence electrons. The number of H-pyrrole nitrogens is 1. The van der Waals surface area contributed by atoms with E-state index in [9.17, 15) is 14.9 Å². The van der Waals surface area contributed by atoms with Gasteiger partial charge in [-0.25, -0.2) is 0 Å². The molecule has 1 heterocycles. The van der Waals surface area contributed by atoms with Gasteiger partial charge in [-0.15, -0.1) is 0 Å². The van der Waals surface area contributed by atoms with E-state index in [0.29, 0.717) is 24.0 Å². The number of benzene rings is 3. The van der Waals surface area contributed by atoms with Crippen LogP contribution in [-0.4, -0.2) is 25.9 Å². The van der Waals surface area contributed by atoms with Crippen molar-refractivity contribution in [2.24, 2.45) is 0 Å². The van der Waals surface area contributed by atoms with Crippen molar-refractivity contribution in [1.29, 1.82) is 0 Å². The first-order valence-corrected chi connectivity index (χ1v) is 9.11. The first-order chi connectivity index (χ1) is 14.1. The summed E-state index contributed by atoms with van der Waals surface area (Å²) in [6, 6.07) is 23.7. The Morgan fingerprint density at radius 2 is 1.52 bits per heavy atom. The van der Waals surface area contributed by atoms with Crippen LogP contribution in [-0.2, 0) is 13.1 Å². The van der Waals surface area contributed by atoms with Gasteiger partial charge in [0.05, 0.1) is 10.4 Å². The summed E-state index contributed by atoms with van der Waals surface area (Å²) < 4.78 is 0. The van der Waals surface area contributed by atoms with Crippen molar-refractivity contribution in [3.63, 3.8) is 0 Å². The summed E-state index contributed by atoms with van der Waals surface area (Å²) in [7, 11) is 0. The fourth-order valence-electron chi connectivity index (χ4n) is 3.24. The van der Waals surface area contributed by atoms with Gasteiger partial charge in [-0.1, -0.05) is 60.7 Å². The molecule has 1 amide bonds. The summed E-state index contributed by atoms with van der Waals surface area (Å²) in [6.07, 6.45) is 0. The Balaban J connectivity index is 1.71. The summed E-state index contributed by atoms with van der Waals surface area (Å²) in [5.74, 6) is -0.288. The number of nitrogens with one attached hydrogen (secondary N) is 1. The number of nitro benzene ring substituents is 1. The largest absolute Gasteiger partial charge is 0.329 e. The van der Waals surface area contributed by atoms with Crippen LogP contribution in [0.1, 0.15) is 21.6 Å².